The van der Waals surface area contributed by atoms with E-state index >= 15 is 0 Å². The first-order valence-electron chi connectivity index (χ1n) is 3.98. The minimum absolute atomic E-state index is 0.221. The smallest absolute Gasteiger partial charge is 0.144 e. The van der Waals surface area contributed by atoms with Crippen molar-refractivity contribution in [3.63, 3.8) is 0 Å². The molecule has 0 aliphatic rings. The van der Waals surface area contributed by atoms with Gasteiger partial charge in [-0.05, 0) is 30.0 Å². The summed E-state index contributed by atoms with van der Waals surface area (Å²) in [5.74, 6) is 0.0860. The topological polar surface area (TPSA) is 0 Å². The summed E-state index contributed by atoms with van der Waals surface area (Å²) in [6.07, 6.45) is 0. The van der Waals surface area contributed by atoms with Crippen LogP contribution in [0.25, 0.3) is 0 Å². The Labute approximate surface area is 77.4 Å². The van der Waals surface area contributed by atoms with Crippen LogP contribution in [0.4, 0.5) is 4.39 Å². The van der Waals surface area contributed by atoms with Gasteiger partial charge in [0.25, 0.3) is 0 Å². The third-order valence-electron chi connectivity index (χ3n) is 1.90. The van der Waals surface area contributed by atoms with Crippen molar-refractivity contribution >= 4 is 11.6 Å². The van der Waals surface area contributed by atoms with Crippen molar-refractivity contribution in [3.8, 4) is 0 Å². The van der Waals surface area contributed by atoms with Gasteiger partial charge in [-0.2, -0.15) is 0 Å². The van der Waals surface area contributed by atoms with Crippen LogP contribution in [0.5, 0.6) is 0 Å². The molecule has 1 aromatic rings. The van der Waals surface area contributed by atoms with Crippen LogP contribution in [0, 0.1) is 12.7 Å². The van der Waals surface area contributed by atoms with Gasteiger partial charge < -0.3 is 0 Å². The molecular weight excluding hydrogens is 175 g/mol. The molecule has 0 radical (unpaired) electrons. The number of halogens is 2. The Morgan fingerprint density at radius 2 is 1.92 bits per heavy atom. The van der Waals surface area contributed by atoms with Gasteiger partial charge in [-0.1, -0.05) is 31.5 Å². The fourth-order valence-electron chi connectivity index (χ4n) is 1.09. The highest BCUT2D eigenvalue weighted by Gasteiger charge is 2.07. The van der Waals surface area contributed by atoms with E-state index in [2.05, 4.69) is 13.8 Å². The second-order valence-corrected chi connectivity index (χ2v) is 3.70. The fraction of sp³-hybridized carbons (Fsp3) is 0.400. The van der Waals surface area contributed by atoms with Crippen molar-refractivity contribution in [2.75, 3.05) is 0 Å². The van der Waals surface area contributed by atoms with Crippen LogP contribution in [-0.2, 0) is 0 Å². The lowest BCUT2D eigenvalue weighted by atomic mass is 10.0. The molecule has 0 amide bonds. The van der Waals surface area contributed by atoms with E-state index in [1.807, 2.05) is 6.07 Å². The zero-order chi connectivity index (χ0) is 9.30. The van der Waals surface area contributed by atoms with E-state index in [0.717, 1.165) is 5.56 Å². The molecule has 1 aromatic carbocycles. The molecule has 0 N–H and O–H groups in total. The van der Waals surface area contributed by atoms with Crippen LogP contribution < -0.4 is 0 Å². The lowest BCUT2D eigenvalue weighted by Crippen LogP contribution is -1.92. The van der Waals surface area contributed by atoms with Gasteiger partial charge in [0.1, 0.15) is 5.82 Å². The quantitative estimate of drug-likeness (QED) is 0.624. The highest BCUT2D eigenvalue weighted by Crippen LogP contribution is 2.24. The van der Waals surface area contributed by atoms with Crippen molar-refractivity contribution < 1.29 is 4.39 Å². The zero-order valence-electron chi connectivity index (χ0n) is 7.49. The Bertz CT molecular complexity index is 269. The minimum atomic E-state index is -0.305. The summed E-state index contributed by atoms with van der Waals surface area (Å²) >= 11 is 5.69. The first-order valence-corrected chi connectivity index (χ1v) is 4.35. The van der Waals surface area contributed by atoms with E-state index in [-0.39, 0.29) is 10.8 Å². The molecular formula is C10H12ClF. The van der Waals surface area contributed by atoms with E-state index in [1.54, 1.807) is 13.0 Å². The molecule has 0 saturated heterocycles. The number of rotatable bonds is 1. The first kappa shape index (κ1) is 9.53. The third-order valence-corrected chi connectivity index (χ3v) is 2.17. The summed E-state index contributed by atoms with van der Waals surface area (Å²) in [5, 5.41) is 0.221. The SMILES string of the molecule is Cc1cc(C(C)C)cc(Cl)c1F. The van der Waals surface area contributed by atoms with E-state index in [1.165, 1.54) is 0 Å². The molecule has 1 rings (SSSR count). The summed E-state index contributed by atoms with van der Waals surface area (Å²) in [6.45, 7) is 5.85. The summed E-state index contributed by atoms with van der Waals surface area (Å²) in [7, 11) is 0. The molecule has 0 aliphatic heterocycles. The Kier molecular flexibility index (Phi) is 2.73. The maximum absolute atomic E-state index is 13.0. The van der Waals surface area contributed by atoms with Crippen molar-refractivity contribution in [1.82, 2.24) is 0 Å². The van der Waals surface area contributed by atoms with Crippen molar-refractivity contribution in [2.45, 2.75) is 26.7 Å². The van der Waals surface area contributed by atoms with Gasteiger partial charge in [-0.3, -0.25) is 0 Å². The number of hydrogen-bond acceptors (Lipinski definition) is 0. The zero-order valence-corrected chi connectivity index (χ0v) is 8.24. The molecule has 2 heteroatoms. The Balaban J connectivity index is 3.21. The molecule has 0 aromatic heterocycles. The predicted octanol–water partition coefficient (Wildman–Crippen LogP) is 3.91. The molecule has 0 saturated carbocycles. The molecule has 0 spiro atoms. The van der Waals surface area contributed by atoms with Gasteiger partial charge in [0.2, 0.25) is 0 Å². The number of hydrogen-bond donors (Lipinski definition) is 0. The van der Waals surface area contributed by atoms with Gasteiger partial charge in [-0.15, -0.1) is 0 Å². The van der Waals surface area contributed by atoms with Crippen molar-refractivity contribution in [2.24, 2.45) is 0 Å². The van der Waals surface area contributed by atoms with Crippen molar-refractivity contribution in [3.05, 3.63) is 34.1 Å². The lowest BCUT2D eigenvalue weighted by molar-refractivity contribution is 0.617. The molecule has 0 nitrogen and oxygen atoms in total. The normalized spacial score (nSPS) is 10.8. The average Bonchev–Trinajstić information content (AvgIpc) is 1.99. The van der Waals surface area contributed by atoms with E-state index in [0.29, 0.717) is 11.5 Å². The largest absolute Gasteiger partial charge is 0.205 e. The molecule has 0 heterocycles. The second-order valence-electron chi connectivity index (χ2n) is 3.29. The molecule has 0 aliphatic carbocycles. The van der Waals surface area contributed by atoms with Crippen LogP contribution in [0.1, 0.15) is 30.9 Å². The Morgan fingerprint density at radius 1 is 1.33 bits per heavy atom. The Hall–Kier alpha value is -0.560. The standard InChI is InChI=1S/C10H12ClF/c1-6(2)8-4-7(3)10(12)9(11)5-8/h4-6H,1-3H3. The molecule has 0 atom stereocenters. The summed E-state index contributed by atoms with van der Waals surface area (Å²) in [5.41, 5.74) is 1.70. The van der Waals surface area contributed by atoms with Gasteiger partial charge in [-0.25, -0.2) is 4.39 Å². The van der Waals surface area contributed by atoms with Crippen LogP contribution in [0.2, 0.25) is 5.02 Å². The number of benzene rings is 1. The van der Waals surface area contributed by atoms with E-state index in [9.17, 15) is 4.39 Å². The van der Waals surface area contributed by atoms with Gasteiger partial charge >= 0.3 is 0 Å². The van der Waals surface area contributed by atoms with Gasteiger partial charge in [0.15, 0.2) is 0 Å². The minimum Gasteiger partial charge on any atom is -0.205 e. The van der Waals surface area contributed by atoms with Gasteiger partial charge in [0.05, 0.1) is 5.02 Å². The summed E-state index contributed by atoms with van der Waals surface area (Å²) in [6, 6.07) is 3.53. The van der Waals surface area contributed by atoms with Crippen LogP contribution >= 0.6 is 11.6 Å². The maximum Gasteiger partial charge on any atom is 0.144 e. The number of aryl methyl sites for hydroxylation is 1. The van der Waals surface area contributed by atoms with Crippen LogP contribution in [0.15, 0.2) is 12.1 Å². The lowest BCUT2D eigenvalue weighted by Gasteiger charge is -2.08. The highest BCUT2D eigenvalue weighted by molar-refractivity contribution is 6.30. The van der Waals surface area contributed by atoms with E-state index in [4.69, 9.17) is 11.6 Å². The summed E-state index contributed by atoms with van der Waals surface area (Å²) < 4.78 is 13.0. The van der Waals surface area contributed by atoms with Crippen LogP contribution in [0.3, 0.4) is 0 Å². The fourth-order valence-corrected chi connectivity index (χ4v) is 1.36. The third kappa shape index (κ3) is 1.78. The highest BCUT2D eigenvalue weighted by atomic mass is 35.5. The van der Waals surface area contributed by atoms with Crippen molar-refractivity contribution in [1.29, 1.82) is 0 Å². The van der Waals surface area contributed by atoms with E-state index < -0.39 is 0 Å². The first-order chi connectivity index (χ1) is 5.52. The van der Waals surface area contributed by atoms with Crippen LogP contribution in [-0.4, -0.2) is 0 Å². The maximum atomic E-state index is 13.0. The predicted molar refractivity (Wildman–Crippen MR) is 50.2 cm³/mol. The summed E-state index contributed by atoms with van der Waals surface area (Å²) in [4.78, 5) is 0. The van der Waals surface area contributed by atoms with Gasteiger partial charge in [0, 0.05) is 0 Å². The Morgan fingerprint density at radius 3 is 2.33 bits per heavy atom. The monoisotopic (exact) mass is 186 g/mol. The molecule has 0 fully saturated rings. The molecule has 0 bridgehead atoms. The molecule has 12 heavy (non-hydrogen) atoms. The molecule has 0 unspecified atom stereocenters. The second kappa shape index (κ2) is 3.44. The average molecular weight is 187 g/mol. The molecule has 66 valence electrons.